The number of anilines is 2. The third kappa shape index (κ3) is 6.43. The molecule has 0 aromatic heterocycles. The van der Waals surface area contributed by atoms with Crippen molar-refractivity contribution in [2.24, 2.45) is 0 Å². The Hall–Kier alpha value is -1.63. The van der Waals surface area contributed by atoms with Crippen LogP contribution in [0.2, 0.25) is 0 Å². The number of nitrogens with two attached hydrogens (primary N) is 1. The van der Waals surface area contributed by atoms with Gasteiger partial charge in [-0.2, -0.15) is 0 Å². The van der Waals surface area contributed by atoms with Gasteiger partial charge in [-0.25, -0.2) is 0 Å². The zero-order valence-electron chi connectivity index (χ0n) is 13.7. The Morgan fingerprint density at radius 3 is 2.36 bits per heavy atom. The van der Waals surface area contributed by atoms with E-state index in [1.807, 2.05) is 24.0 Å². The van der Waals surface area contributed by atoms with Gasteiger partial charge in [0.25, 0.3) is 0 Å². The minimum absolute atomic E-state index is 0.0733. The summed E-state index contributed by atoms with van der Waals surface area (Å²) in [5.74, 6) is -0.0733. The zero-order chi connectivity index (χ0) is 16.4. The zero-order valence-corrected chi connectivity index (χ0v) is 13.7. The Morgan fingerprint density at radius 1 is 1.23 bits per heavy atom. The molecule has 0 fully saturated rings. The molecule has 0 radical (unpaired) electrons. The third-order valence-corrected chi connectivity index (χ3v) is 3.40. The maximum atomic E-state index is 12.1. The lowest BCUT2D eigenvalue weighted by Gasteiger charge is -2.21. The number of nitrogens with one attached hydrogen (secondary N) is 1. The van der Waals surface area contributed by atoms with Crippen molar-refractivity contribution in [3.8, 4) is 0 Å². The van der Waals surface area contributed by atoms with Gasteiger partial charge >= 0.3 is 0 Å². The van der Waals surface area contributed by atoms with Crippen LogP contribution in [0.15, 0.2) is 18.2 Å². The summed E-state index contributed by atoms with van der Waals surface area (Å²) in [4.78, 5) is 14.1. The average molecular weight is 309 g/mol. The van der Waals surface area contributed by atoms with Crippen LogP contribution in [0.3, 0.4) is 0 Å². The highest BCUT2D eigenvalue weighted by Crippen LogP contribution is 2.18. The van der Waals surface area contributed by atoms with E-state index in [-0.39, 0.29) is 5.91 Å². The molecule has 0 aliphatic carbocycles. The SMILES string of the molecule is CCc1ccc(NC(=O)CN(CCOC)CCOC)cc1N. The van der Waals surface area contributed by atoms with Gasteiger partial charge in [0, 0.05) is 38.7 Å². The van der Waals surface area contributed by atoms with E-state index in [0.717, 1.165) is 17.7 Å². The minimum atomic E-state index is -0.0733. The number of hydrogen-bond acceptors (Lipinski definition) is 5. The summed E-state index contributed by atoms with van der Waals surface area (Å²) in [5, 5.41) is 2.88. The van der Waals surface area contributed by atoms with Gasteiger partial charge in [0.1, 0.15) is 0 Å². The van der Waals surface area contributed by atoms with Crippen LogP contribution in [0.4, 0.5) is 11.4 Å². The number of nitrogens with zero attached hydrogens (tertiary/aromatic N) is 1. The topological polar surface area (TPSA) is 76.8 Å². The van der Waals surface area contributed by atoms with Crippen LogP contribution < -0.4 is 11.1 Å². The highest BCUT2D eigenvalue weighted by atomic mass is 16.5. The van der Waals surface area contributed by atoms with E-state index >= 15 is 0 Å². The molecule has 0 aliphatic rings. The summed E-state index contributed by atoms with van der Waals surface area (Å²) >= 11 is 0. The molecule has 0 heterocycles. The summed E-state index contributed by atoms with van der Waals surface area (Å²) in [6.45, 7) is 4.87. The van der Waals surface area contributed by atoms with Crippen molar-refractivity contribution in [3.05, 3.63) is 23.8 Å². The third-order valence-electron chi connectivity index (χ3n) is 3.40. The van der Waals surface area contributed by atoms with Gasteiger partial charge in [0.05, 0.1) is 19.8 Å². The van der Waals surface area contributed by atoms with Crippen LogP contribution in [0, 0.1) is 0 Å². The summed E-state index contributed by atoms with van der Waals surface area (Å²) in [6, 6.07) is 5.62. The molecule has 0 unspecified atom stereocenters. The van der Waals surface area contributed by atoms with Crippen molar-refractivity contribution in [1.82, 2.24) is 4.90 Å². The quantitative estimate of drug-likeness (QED) is 0.638. The van der Waals surface area contributed by atoms with Crippen molar-refractivity contribution in [3.63, 3.8) is 0 Å². The fourth-order valence-electron chi connectivity index (χ4n) is 2.11. The second-order valence-electron chi connectivity index (χ2n) is 5.08. The number of hydrogen-bond donors (Lipinski definition) is 2. The maximum absolute atomic E-state index is 12.1. The lowest BCUT2D eigenvalue weighted by atomic mass is 10.1. The largest absolute Gasteiger partial charge is 0.398 e. The number of rotatable bonds is 10. The Labute approximate surface area is 132 Å². The number of carbonyl (C=O) groups excluding carboxylic acids is 1. The van der Waals surface area contributed by atoms with Crippen molar-refractivity contribution < 1.29 is 14.3 Å². The normalized spacial score (nSPS) is 10.9. The van der Waals surface area contributed by atoms with Gasteiger partial charge in [-0.1, -0.05) is 13.0 Å². The van der Waals surface area contributed by atoms with Gasteiger partial charge in [-0.15, -0.1) is 0 Å². The van der Waals surface area contributed by atoms with E-state index in [0.29, 0.717) is 38.5 Å². The second kappa shape index (κ2) is 10.2. The summed E-state index contributed by atoms with van der Waals surface area (Å²) in [6.07, 6.45) is 0.877. The Morgan fingerprint density at radius 2 is 1.86 bits per heavy atom. The number of methoxy groups -OCH3 is 2. The monoisotopic (exact) mass is 309 g/mol. The summed E-state index contributed by atoms with van der Waals surface area (Å²) in [7, 11) is 3.29. The molecule has 124 valence electrons. The van der Waals surface area contributed by atoms with E-state index < -0.39 is 0 Å². The van der Waals surface area contributed by atoms with Crippen molar-refractivity contribution in [2.75, 3.05) is 58.1 Å². The molecule has 1 amide bonds. The standard InChI is InChI=1S/C16H27N3O3/c1-4-13-5-6-14(11-15(13)17)18-16(20)12-19(7-9-21-2)8-10-22-3/h5-6,11H,4,7-10,12,17H2,1-3H3,(H,18,20). The van der Waals surface area contributed by atoms with Gasteiger partial charge in [0.15, 0.2) is 0 Å². The first-order valence-electron chi connectivity index (χ1n) is 7.49. The van der Waals surface area contributed by atoms with E-state index in [9.17, 15) is 4.79 Å². The van der Waals surface area contributed by atoms with Gasteiger partial charge in [-0.3, -0.25) is 9.69 Å². The maximum Gasteiger partial charge on any atom is 0.238 e. The predicted molar refractivity (Wildman–Crippen MR) is 89.1 cm³/mol. The molecule has 22 heavy (non-hydrogen) atoms. The van der Waals surface area contributed by atoms with Crippen LogP contribution in [0.25, 0.3) is 0 Å². The highest BCUT2D eigenvalue weighted by molar-refractivity contribution is 5.92. The first-order valence-corrected chi connectivity index (χ1v) is 7.49. The van der Waals surface area contributed by atoms with Crippen LogP contribution in [0.1, 0.15) is 12.5 Å². The molecule has 1 aromatic rings. The molecule has 0 saturated heterocycles. The molecule has 0 saturated carbocycles. The lowest BCUT2D eigenvalue weighted by Crippen LogP contribution is -2.37. The summed E-state index contributed by atoms with van der Waals surface area (Å²) < 4.78 is 10.1. The van der Waals surface area contributed by atoms with Crippen LogP contribution >= 0.6 is 0 Å². The van der Waals surface area contributed by atoms with Crippen LogP contribution in [0.5, 0.6) is 0 Å². The van der Waals surface area contributed by atoms with Crippen LogP contribution in [-0.2, 0) is 20.7 Å². The molecule has 0 aliphatic heterocycles. The van der Waals surface area contributed by atoms with E-state index in [1.165, 1.54) is 0 Å². The van der Waals surface area contributed by atoms with Crippen molar-refractivity contribution in [2.45, 2.75) is 13.3 Å². The van der Waals surface area contributed by atoms with Gasteiger partial charge in [0.2, 0.25) is 5.91 Å². The lowest BCUT2D eigenvalue weighted by molar-refractivity contribution is -0.117. The fraction of sp³-hybridized carbons (Fsp3) is 0.562. The Balaban J connectivity index is 2.56. The van der Waals surface area contributed by atoms with E-state index in [2.05, 4.69) is 5.32 Å². The fourth-order valence-corrected chi connectivity index (χ4v) is 2.11. The number of benzene rings is 1. The number of amides is 1. The van der Waals surface area contributed by atoms with Crippen molar-refractivity contribution in [1.29, 1.82) is 0 Å². The molecule has 6 nitrogen and oxygen atoms in total. The molecule has 0 spiro atoms. The number of nitrogen functional groups attached to an aromatic ring is 1. The van der Waals surface area contributed by atoms with Crippen LogP contribution in [-0.4, -0.2) is 57.9 Å². The van der Waals surface area contributed by atoms with Crippen molar-refractivity contribution >= 4 is 17.3 Å². The number of aryl methyl sites for hydroxylation is 1. The molecule has 1 aromatic carbocycles. The average Bonchev–Trinajstić information content (AvgIpc) is 2.50. The van der Waals surface area contributed by atoms with E-state index in [4.69, 9.17) is 15.2 Å². The molecule has 1 rings (SSSR count). The molecule has 0 atom stereocenters. The highest BCUT2D eigenvalue weighted by Gasteiger charge is 2.11. The Bertz CT molecular complexity index is 458. The minimum Gasteiger partial charge on any atom is -0.398 e. The number of ether oxygens (including phenoxy) is 2. The smallest absolute Gasteiger partial charge is 0.238 e. The second-order valence-corrected chi connectivity index (χ2v) is 5.08. The molecular formula is C16H27N3O3. The van der Waals surface area contributed by atoms with Gasteiger partial charge in [-0.05, 0) is 24.1 Å². The first kappa shape index (κ1) is 18.4. The van der Waals surface area contributed by atoms with Gasteiger partial charge < -0.3 is 20.5 Å². The first-order chi connectivity index (χ1) is 10.6. The summed E-state index contributed by atoms with van der Waals surface area (Å²) in [5.41, 5.74) is 8.45. The number of carbonyl (C=O) groups is 1. The Kier molecular flexibility index (Phi) is 8.50. The predicted octanol–water partition coefficient (Wildman–Crippen LogP) is 1.36. The molecule has 0 bridgehead atoms. The molecular weight excluding hydrogens is 282 g/mol. The molecule has 3 N–H and O–H groups in total. The molecule has 6 heteroatoms. The van der Waals surface area contributed by atoms with E-state index in [1.54, 1.807) is 20.3 Å².